The zero-order chi connectivity index (χ0) is 6.57. The molecule has 0 N–H and O–H groups in total. The van der Waals surface area contributed by atoms with Crippen LogP contribution < -0.4 is 29.6 Å². The van der Waals surface area contributed by atoms with Gasteiger partial charge < -0.3 is 5.98 Å². The van der Waals surface area contributed by atoms with E-state index < -0.39 is 11.4 Å². The van der Waals surface area contributed by atoms with E-state index in [-0.39, 0.29) is 42.4 Å². The quantitative estimate of drug-likeness (QED) is 0.309. The van der Waals surface area contributed by atoms with E-state index in [0.29, 0.717) is 0 Å². The Kier molecular flexibility index (Phi) is 11.2. The maximum Gasteiger partial charge on any atom is 1.00 e. The van der Waals surface area contributed by atoms with E-state index >= 15 is 0 Å². The molecule has 0 fully saturated rings. The minimum absolute atomic E-state index is 0. The minimum atomic E-state index is -2.37. The van der Waals surface area contributed by atoms with E-state index in [2.05, 4.69) is 20.1 Å². The predicted molar refractivity (Wildman–Crippen MR) is 34.4 cm³/mol. The summed E-state index contributed by atoms with van der Waals surface area (Å²) < 4.78 is 23.5. The Balaban J connectivity index is -0.000000245. The summed E-state index contributed by atoms with van der Waals surface area (Å²) in [4.78, 5) is 0.0837. The van der Waals surface area contributed by atoms with Gasteiger partial charge in [-0.25, -0.2) is 4.21 Å². The molecule has 0 aliphatic rings. The van der Waals surface area contributed by atoms with Gasteiger partial charge in [0.2, 0.25) is 0 Å². The van der Waals surface area contributed by atoms with Crippen LogP contribution in [0, 0.1) is 0 Å². The average Bonchev–Trinajstić information content (AvgIpc) is 1.61. The molecule has 9 heavy (non-hydrogen) atoms. The van der Waals surface area contributed by atoms with Crippen LogP contribution >= 0.6 is 15.9 Å². The second-order valence-corrected chi connectivity index (χ2v) is 3.48. The van der Waals surface area contributed by atoms with Crippen molar-refractivity contribution in [1.29, 1.82) is 0 Å². The van der Waals surface area contributed by atoms with Crippen molar-refractivity contribution in [2.24, 2.45) is 0 Å². The van der Waals surface area contributed by atoms with Gasteiger partial charge in [-0.05, 0) is 0 Å². The molecule has 0 radical (unpaired) electrons. The molecule has 0 aromatic carbocycles. The summed E-state index contributed by atoms with van der Waals surface area (Å²) in [6, 6.07) is 0. The van der Waals surface area contributed by atoms with Crippen LogP contribution in [-0.4, -0.2) is 20.2 Å². The first-order valence-electron chi connectivity index (χ1n) is 1.99. The van der Waals surface area contributed by atoms with Crippen molar-refractivity contribution in [3.8, 4) is 0 Å². The maximum atomic E-state index is 9.66. The van der Waals surface area contributed by atoms with Crippen molar-refractivity contribution in [3.05, 3.63) is 0 Å². The third-order valence-corrected chi connectivity index (χ3v) is 0.987. The van der Waals surface area contributed by atoms with Crippen LogP contribution in [0.3, 0.4) is 0 Å². The Hall–Kier alpha value is 1.55. The van der Waals surface area contributed by atoms with Crippen LogP contribution in [0.1, 0.15) is 8.35 Å². The van der Waals surface area contributed by atoms with Gasteiger partial charge in [0.25, 0.3) is 0 Å². The molecule has 0 aromatic rings. The second kappa shape index (κ2) is 7.65. The normalized spacial score (nSPS) is 15.9. The monoisotopic (exact) mass is 225 g/mol. The summed E-state index contributed by atoms with van der Waals surface area (Å²) in [5, 5.41) is 0. The van der Waals surface area contributed by atoms with Crippen LogP contribution in [0.2, 0.25) is 0 Å². The first-order chi connectivity index (χ1) is 3.63. The van der Waals surface area contributed by atoms with Crippen molar-refractivity contribution in [2.75, 3.05) is 6.61 Å². The van der Waals surface area contributed by atoms with Crippen LogP contribution in [0.25, 0.3) is 0 Å². The van der Waals surface area contributed by atoms with E-state index in [9.17, 15) is 8.76 Å². The van der Waals surface area contributed by atoms with Crippen LogP contribution in [-0.2, 0) is 15.5 Å². The van der Waals surface area contributed by atoms with E-state index in [0.717, 1.165) is 0 Å². The molecule has 0 amide bonds. The van der Waals surface area contributed by atoms with E-state index in [1.807, 2.05) is 0 Å². The number of hydrogen-bond acceptors (Lipinski definition) is 3. The summed E-state index contributed by atoms with van der Waals surface area (Å²) in [6.07, 6.45) is 0. The fraction of sp³-hybridized carbons (Fsp3) is 1.00. The Morgan fingerprint density at radius 1 is 2.00 bits per heavy atom. The summed E-state index contributed by atoms with van der Waals surface area (Å²) in [5.74, 6) is 0. The van der Waals surface area contributed by atoms with Gasteiger partial charge in [-0.1, -0.05) is 22.9 Å². The fourth-order valence-corrected chi connectivity index (χ4v) is 0.772. The van der Waals surface area contributed by atoms with Crippen LogP contribution in [0.5, 0.6) is 0 Å². The van der Waals surface area contributed by atoms with Crippen molar-refractivity contribution < 1.29 is 43.9 Å². The smallest absolute Gasteiger partial charge is 1.00 e. The summed E-state index contributed by atoms with van der Waals surface area (Å²) >= 11 is 0.738. The van der Waals surface area contributed by atoms with Crippen LogP contribution in [0.15, 0.2) is 0 Å². The van der Waals surface area contributed by atoms with Crippen molar-refractivity contribution in [3.63, 3.8) is 0 Å². The predicted octanol–water partition coefficient (Wildman–Crippen LogP) is -2.30. The molecule has 0 heterocycles. The van der Waals surface area contributed by atoms with Gasteiger partial charge in [0, 0.05) is 4.83 Å². The average molecular weight is 226 g/mol. The molecule has 0 aromatic heterocycles. The van der Waals surface area contributed by atoms with Crippen LogP contribution in [0.4, 0.5) is 0 Å². The van der Waals surface area contributed by atoms with Gasteiger partial charge in [-0.15, -0.1) is 0 Å². The molecule has 2 atom stereocenters. The second-order valence-electron chi connectivity index (χ2n) is 1.27. The number of rotatable bonds is 3. The SMILES string of the molecule is CC(Br)COS(=O)[O-].[H-].[Na+]. The first kappa shape index (κ1) is 13.2. The Morgan fingerprint density at radius 2 is 2.44 bits per heavy atom. The Bertz CT molecular complexity index is 93.8. The standard InChI is InChI=1S/C3H7BrO3S.Na.H/c1-3(4)2-7-8(5)6;;/h3H,2H2,1H3,(H,5,6);;/q;+1;-1/p-1. The zero-order valence-corrected chi connectivity index (χ0v) is 9.70. The largest absolute Gasteiger partial charge is 1.00 e. The third-order valence-electron chi connectivity index (χ3n) is 0.394. The number of hydrogen-bond donors (Lipinski definition) is 0. The molecule has 0 aliphatic heterocycles. The maximum absolute atomic E-state index is 9.66. The van der Waals surface area contributed by atoms with Gasteiger partial charge in [0.1, 0.15) is 0 Å². The van der Waals surface area contributed by atoms with Gasteiger partial charge in [0.05, 0.1) is 18.0 Å². The third kappa shape index (κ3) is 12.7. The Labute approximate surface area is 88.9 Å². The molecule has 0 rings (SSSR count). The first-order valence-corrected chi connectivity index (χ1v) is 3.91. The molecule has 0 saturated heterocycles. The molecular weight excluding hydrogens is 219 g/mol. The molecule has 0 bridgehead atoms. The molecule has 6 heteroatoms. The molecule has 3 nitrogen and oxygen atoms in total. The molecule has 0 saturated carbocycles. The van der Waals surface area contributed by atoms with E-state index in [4.69, 9.17) is 0 Å². The fourth-order valence-electron chi connectivity index (χ4n) is 0.149. The van der Waals surface area contributed by atoms with Gasteiger partial charge >= 0.3 is 29.6 Å². The molecule has 52 valence electrons. The Morgan fingerprint density at radius 3 is 2.56 bits per heavy atom. The van der Waals surface area contributed by atoms with Gasteiger partial charge in [-0.3, -0.25) is 4.18 Å². The van der Waals surface area contributed by atoms with Gasteiger partial charge in [-0.2, -0.15) is 0 Å². The summed E-state index contributed by atoms with van der Waals surface area (Å²) in [7, 11) is 0. The van der Waals surface area contributed by atoms with E-state index in [1.165, 1.54) is 0 Å². The molecule has 2 unspecified atom stereocenters. The van der Waals surface area contributed by atoms with Crippen molar-refractivity contribution in [1.82, 2.24) is 0 Å². The van der Waals surface area contributed by atoms with Gasteiger partial charge in [0.15, 0.2) is 0 Å². The summed E-state index contributed by atoms with van der Waals surface area (Å²) in [5.41, 5.74) is 0. The minimum Gasteiger partial charge on any atom is -1.00 e. The van der Waals surface area contributed by atoms with Crippen molar-refractivity contribution in [2.45, 2.75) is 11.8 Å². The molecular formula is C3H7BrNaO3S-. The summed E-state index contributed by atoms with van der Waals surface area (Å²) in [6.45, 7) is 1.99. The number of alkyl halides is 1. The molecule has 0 spiro atoms. The molecule has 0 aliphatic carbocycles. The topological polar surface area (TPSA) is 49.4 Å². The number of halogens is 1. The zero-order valence-electron chi connectivity index (χ0n) is 6.30. The van der Waals surface area contributed by atoms with E-state index in [1.54, 1.807) is 6.92 Å². The van der Waals surface area contributed by atoms with Crippen molar-refractivity contribution >= 4 is 27.3 Å².